The van der Waals surface area contributed by atoms with Crippen LogP contribution in [0.15, 0.2) is 30.3 Å². The van der Waals surface area contributed by atoms with Crippen LogP contribution in [-0.4, -0.2) is 47.0 Å². The number of hydrogen-bond acceptors (Lipinski definition) is 8. The molecule has 1 aliphatic heterocycles. The molecule has 1 aliphatic rings. The van der Waals surface area contributed by atoms with Crippen molar-refractivity contribution in [2.45, 2.75) is 20.4 Å². The second kappa shape index (κ2) is 8.97. The fourth-order valence-corrected chi connectivity index (χ4v) is 3.21. The zero-order valence-electron chi connectivity index (χ0n) is 16.6. The largest absolute Gasteiger partial charge is 0.423 e. The number of morpholine rings is 1. The van der Waals surface area contributed by atoms with Gasteiger partial charge in [-0.2, -0.15) is 0 Å². The number of aryl methyl sites for hydroxylation is 2. The van der Waals surface area contributed by atoms with E-state index >= 15 is 0 Å². The minimum absolute atomic E-state index is 0.259. The summed E-state index contributed by atoms with van der Waals surface area (Å²) in [6.07, 6.45) is 0. The summed E-state index contributed by atoms with van der Waals surface area (Å²) in [6, 6.07) is 6.39. The number of nitro groups is 2. The summed E-state index contributed by atoms with van der Waals surface area (Å²) in [4.78, 5) is 35.3. The highest BCUT2D eigenvalue weighted by Gasteiger charge is 2.22. The summed E-state index contributed by atoms with van der Waals surface area (Å²) >= 11 is 0. The van der Waals surface area contributed by atoms with Crippen molar-refractivity contribution in [3.8, 4) is 5.75 Å². The van der Waals surface area contributed by atoms with Gasteiger partial charge in [0.2, 0.25) is 0 Å². The van der Waals surface area contributed by atoms with Crippen molar-refractivity contribution >= 4 is 17.3 Å². The van der Waals surface area contributed by atoms with Crippen LogP contribution in [0.3, 0.4) is 0 Å². The first-order valence-corrected chi connectivity index (χ1v) is 9.31. The second-order valence-corrected chi connectivity index (χ2v) is 7.07. The molecule has 0 amide bonds. The molecule has 3 rings (SSSR count). The Balaban J connectivity index is 1.82. The van der Waals surface area contributed by atoms with E-state index in [9.17, 15) is 25.0 Å². The first-order chi connectivity index (χ1) is 14.2. The summed E-state index contributed by atoms with van der Waals surface area (Å²) in [5.74, 6) is -0.595. The highest BCUT2D eigenvalue weighted by atomic mass is 16.6. The number of carbonyl (C=O) groups excluding carboxylic acids is 1. The van der Waals surface area contributed by atoms with Crippen LogP contribution in [0.4, 0.5) is 11.4 Å². The minimum atomic E-state index is -0.898. The second-order valence-electron chi connectivity index (χ2n) is 7.07. The van der Waals surface area contributed by atoms with Gasteiger partial charge in [-0.25, -0.2) is 4.79 Å². The average molecular weight is 415 g/mol. The van der Waals surface area contributed by atoms with E-state index in [0.29, 0.717) is 19.0 Å². The van der Waals surface area contributed by atoms with Crippen LogP contribution in [0, 0.1) is 34.1 Å². The molecule has 0 aromatic heterocycles. The van der Waals surface area contributed by atoms with Gasteiger partial charge in [0.15, 0.2) is 0 Å². The molecule has 2 aromatic carbocycles. The number of hydrogen-bond donors (Lipinski definition) is 0. The average Bonchev–Trinajstić information content (AvgIpc) is 2.72. The lowest BCUT2D eigenvalue weighted by molar-refractivity contribution is -0.394. The lowest BCUT2D eigenvalue weighted by Crippen LogP contribution is -2.35. The Morgan fingerprint density at radius 1 is 1.00 bits per heavy atom. The third-order valence-corrected chi connectivity index (χ3v) is 4.89. The molecular formula is C20H21N3O7. The van der Waals surface area contributed by atoms with Gasteiger partial charge < -0.3 is 9.47 Å². The Kier molecular flexibility index (Phi) is 6.38. The maximum atomic E-state index is 12.5. The van der Waals surface area contributed by atoms with Gasteiger partial charge in [0.05, 0.1) is 34.7 Å². The van der Waals surface area contributed by atoms with E-state index in [1.165, 1.54) is 0 Å². The predicted molar refractivity (Wildman–Crippen MR) is 107 cm³/mol. The Morgan fingerprint density at radius 2 is 1.60 bits per heavy atom. The van der Waals surface area contributed by atoms with Gasteiger partial charge in [-0.15, -0.1) is 0 Å². The zero-order chi connectivity index (χ0) is 21.8. The van der Waals surface area contributed by atoms with Crippen LogP contribution < -0.4 is 4.74 Å². The Bertz CT molecular complexity index is 968. The molecular weight excluding hydrogens is 394 g/mol. The zero-order valence-corrected chi connectivity index (χ0v) is 16.6. The topological polar surface area (TPSA) is 125 Å². The van der Waals surface area contributed by atoms with Gasteiger partial charge in [-0.1, -0.05) is 6.07 Å². The summed E-state index contributed by atoms with van der Waals surface area (Å²) in [5.41, 5.74) is 1.39. The van der Waals surface area contributed by atoms with Crippen molar-refractivity contribution in [3.05, 3.63) is 72.8 Å². The molecule has 0 N–H and O–H groups in total. The van der Waals surface area contributed by atoms with E-state index in [0.717, 1.165) is 54.5 Å². The van der Waals surface area contributed by atoms with E-state index in [1.807, 2.05) is 13.0 Å². The molecule has 1 fully saturated rings. The van der Waals surface area contributed by atoms with Gasteiger partial charge in [0.1, 0.15) is 5.75 Å². The molecule has 0 spiro atoms. The number of rotatable bonds is 6. The smallest absolute Gasteiger partial charge is 0.344 e. The lowest BCUT2D eigenvalue weighted by Gasteiger charge is -2.27. The number of non-ortho nitro benzene ring substituents is 2. The maximum absolute atomic E-state index is 12.5. The highest BCUT2D eigenvalue weighted by molar-refractivity contribution is 5.92. The third-order valence-electron chi connectivity index (χ3n) is 4.89. The van der Waals surface area contributed by atoms with Gasteiger partial charge in [0.25, 0.3) is 11.4 Å². The van der Waals surface area contributed by atoms with Crippen molar-refractivity contribution in [1.29, 1.82) is 0 Å². The summed E-state index contributed by atoms with van der Waals surface area (Å²) in [5, 5.41) is 22.1. The molecule has 158 valence electrons. The number of nitrogens with zero attached hydrogens (tertiary/aromatic N) is 3. The van der Waals surface area contributed by atoms with Crippen LogP contribution in [0.2, 0.25) is 0 Å². The molecule has 0 bridgehead atoms. The minimum Gasteiger partial charge on any atom is -0.423 e. The van der Waals surface area contributed by atoms with Gasteiger partial charge in [0, 0.05) is 31.8 Å². The standard InChI is InChI=1S/C20H21N3O7/c1-13-8-19(14(2)7-16(13)12-21-3-5-29-6-4-21)30-20(24)15-9-17(22(25)26)11-18(10-15)23(27)28/h7-11H,3-6,12H2,1-2H3. The molecule has 30 heavy (non-hydrogen) atoms. The molecule has 0 saturated carbocycles. The predicted octanol–water partition coefficient (Wildman–Crippen LogP) is 3.17. The quantitative estimate of drug-likeness (QED) is 0.305. The first kappa shape index (κ1) is 21.3. The van der Waals surface area contributed by atoms with E-state index in [4.69, 9.17) is 9.47 Å². The summed E-state index contributed by atoms with van der Waals surface area (Å²) in [6.45, 7) is 7.54. The number of benzene rings is 2. The van der Waals surface area contributed by atoms with Gasteiger partial charge >= 0.3 is 5.97 Å². The molecule has 10 heteroatoms. The molecule has 0 unspecified atom stereocenters. The van der Waals surface area contributed by atoms with E-state index in [-0.39, 0.29) is 5.56 Å². The molecule has 0 radical (unpaired) electrons. The lowest BCUT2D eigenvalue weighted by atomic mass is 10.0. The molecule has 2 aromatic rings. The van der Waals surface area contributed by atoms with Crippen LogP contribution in [0.5, 0.6) is 5.75 Å². The Labute approximate surface area is 172 Å². The van der Waals surface area contributed by atoms with E-state index in [1.54, 1.807) is 13.0 Å². The van der Waals surface area contributed by atoms with E-state index in [2.05, 4.69) is 4.90 Å². The number of ether oxygens (including phenoxy) is 2. The SMILES string of the molecule is Cc1cc(OC(=O)c2cc([N+](=O)[O-])cc([N+](=O)[O-])c2)c(C)cc1CN1CCOCC1. The highest BCUT2D eigenvalue weighted by Crippen LogP contribution is 2.27. The van der Waals surface area contributed by atoms with Crippen molar-refractivity contribution in [3.63, 3.8) is 0 Å². The Hall–Kier alpha value is -3.37. The summed E-state index contributed by atoms with van der Waals surface area (Å²) in [7, 11) is 0. The Morgan fingerprint density at radius 3 is 2.17 bits per heavy atom. The van der Waals surface area contributed by atoms with Crippen molar-refractivity contribution in [2.75, 3.05) is 26.3 Å². The molecule has 0 atom stereocenters. The van der Waals surface area contributed by atoms with Crippen LogP contribution in [0.1, 0.15) is 27.0 Å². The third kappa shape index (κ3) is 4.97. The number of nitro benzene ring substituents is 2. The number of esters is 1. The van der Waals surface area contributed by atoms with E-state index < -0.39 is 27.2 Å². The first-order valence-electron chi connectivity index (χ1n) is 9.31. The molecule has 1 heterocycles. The van der Waals surface area contributed by atoms with Crippen LogP contribution in [0.25, 0.3) is 0 Å². The maximum Gasteiger partial charge on any atom is 0.344 e. The monoisotopic (exact) mass is 415 g/mol. The van der Waals surface area contributed by atoms with Crippen molar-refractivity contribution in [2.24, 2.45) is 0 Å². The summed E-state index contributed by atoms with van der Waals surface area (Å²) < 4.78 is 10.8. The molecule has 1 saturated heterocycles. The fourth-order valence-electron chi connectivity index (χ4n) is 3.21. The molecule has 10 nitrogen and oxygen atoms in total. The van der Waals surface area contributed by atoms with Gasteiger partial charge in [-0.3, -0.25) is 25.1 Å². The van der Waals surface area contributed by atoms with Crippen molar-refractivity contribution < 1.29 is 24.1 Å². The van der Waals surface area contributed by atoms with Gasteiger partial charge in [-0.05, 0) is 36.6 Å². The van der Waals surface area contributed by atoms with Crippen molar-refractivity contribution in [1.82, 2.24) is 4.90 Å². The van der Waals surface area contributed by atoms with Crippen LogP contribution in [-0.2, 0) is 11.3 Å². The number of carbonyl (C=O) groups is 1. The van der Waals surface area contributed by atoms with Crippen LogP contribution >= 0.6 is 0 Å². The fraction of sp³-hybridized carbons (Fsp3) is 0.350. The molecule has 0 aliphatic carbocycles. The normalized spacial score (nSPS) is 14.3.